The number of carbonyl (C=O) groups is 2. The maximum Gasteiger partial charge on any atom is 0.253 e. The Morgan fingerprint density at radius 1 is 1.32 bits per heavy atom. The van der Waals surface area contributed by atoms with Gasteiger partial charge < -0.3 is 10.8 Å². The van der Waals surface area contributed by atoms with Crippen LogP contribution in [0, 0.1) is 0 Å². The van der Waals surface area contributed by atoms with E-state index in [1.165, 1.54) is 4.90 Å². The Balaban J connectivity index is 2.04. The predicted octanol–water partition coefficient (Wildman–Crippen LogP) is 0.872. The molecule has 118 valence electrons. The summed E-state index contributed by atoms with van der Waals surface area (Å²) in [5.41, 5.74) is 6.31. The molecule has 2 rings (SSSR count). The van der Waals surface area contributed by atoms with Crippen molar-refractivity contribution in [2.75, 3.05) is 13.6 Å². The van der Waals surface area contributed by atoms with Gasteiger partial charge in [0.2, 0.25) is 0 Å². The standard InChI is InChI=1S/C16H21N3O3/c1-19-15(14(21)4-2-3-9-17)18-13(16(19)22)10-11-5-7-12(20)8-6-11/h5-8,13,20H,2-4,9-10,17H2,1H3. The molecular formula is C16H21N3O3. The largest absolute Gasteiger partial charge is 0.508 e. The lowest BCUT2D eigenvalue weighted by molar-refractivity contribution is -0.127. The molecule has 1 aliphatic rings. The fourth-order valence-corrected chi connectivity index (χ4v) is 2.41. The second-order valence-corrected chi connectivity index (χ2v) is 5.41. The summed E-state index contributed by atoms with van der Waals surface area (Å²) in [6, 6.07) is 6.07. The summed E-state index contributed by atoms with van der Waals surface area (Å²) < 4.78 is 0. The highest BCUT2D eigenvalue weighted by molar-refractivity contribution is 6.42. The van der Waals surface area contributed by atoms with Gasteiger partial charge in [0, 0.05) is 19.9 Å². The van der Waals surface area contributed by atoms with E-state index in [-0.39, 0.29) is 23.3 Å². The maximum absolute atomic E-state index is 12.2. The molecule has 6 nitrogen and oxygen atoms in total. The monoisotopic (exact) mass is 303 g/mol. The molecule has 1 atom stereocenters. The molecule has 0 saturated heterocycles. The Kier molecular flexibility index (Phi) is 5.27. The minimum atomic E-state index is -0.567. The molecule has 0 saturated carbocycles. The smallest absolute Gasteiger partial charge is 0.253 e. The number of hydrogen-bond donors (Lipinski definition) is 2. The van der Waals surface area contributed by atoms with E-state index in [0.717, 1.165) is 12.0 Å². The summed E-state index contributed by atoms with van der Waals surface area (Å²) in [6.45, 7) is 0.554. The fraction of sp³-hybridized carbons (Fsp3) is 0.438. The van der Waals surface area contributed by atoms with E-state index in [1.54, 1.807) is 31.3 Å². The number of unbranched alkanes of at least 4 members (excludes halogenated alkanes) is 1. The number of rotatable bonds is 7. The van der Waals surface area contributed by atoms with Gasteiger partial charge in [0.15, 0.2) is 11.6 Å². The first-order valence-corrected chi connectivity index (χ1v) is 7.39. The molecule has 22 heavy (non-hydrogen) atoms. The number of likely N-dealkylation sites (N-methyl/N-ethyl adjacent to an activating group) is 1. The van der Waals surface area contributed by atoms with E-state index < -0.39 is 6.04 Å². The van der Waals surface area contributed by atoms with Crippen LogP contribution in [0.1, 0.15) is 24.8 Å². The first-order chi connectivity index (χ1) is 10.5. The Labute approximate surface area is 129 Å². The van der Waals surface area contributed by atoms with Crippen LogP contribution in [0.3, 0.4) is 0 Å². The zero-order valence-electron chi connectivity index (χ0n) is 12.7. The van der Waals surface area contributed by atoms with Gasteiger partial charge in [0.1, 0.15) is 11.8 Å². The second-order valence-electron chi connectivity index (χ2n) is 5.41. The van der Waals surface area contributed by atoms with Gasteiger partial charge in [0.05, 0.1) is 0 Å². The predicted molar refractivity (Wildman–Crippen MR) is 83.7 cm³/mol. The third kappa shape index (κ3) is 3.71. The van der Waals surface area contributed by atoms with Crippen LogP contribution in [-0.4, -0.2) is 47.2 Å². The number of carbonyl (C=O) groups excluding carboxylic acids is 2. The number of hydrogen-bond acceptors (Lipinski definition) is 5. The number of nitrogens with two attached hydrogens (primary N) is 1. The number of phenolic OH excluding ortho intramolecular Hbond substituents is 1. The molecule has 1 amide bonds. The molecule has 0 bridgehead atoms. The molecule has 1 unspecified atom stereocenters. The van der Waals surface area contributed by atoms with Crippen molar-refractivity contribution in [3.05, 3.63) is 29.8 Å². The van der Waals surface area contributed by atoms with Crippen molar-refractivity contribution in [2.24, 2.45) is 10.7 Å². The van der Waals surface area contributed by atoms with Crippen LogP contribution in [0.25, 0.3) is 0 Å². The Hall–Kier alpha value is -2.21. The summed E-state index contributed by atoms with van der Waals surface area (Å²) in [7, 11) is 1.58. The molecule has 1 aromatic carbocycles. The van der Waals surface area contributed by atoms with E-state index >= 15 is 0 Å². The van der Waals surface area contributed by atoms with Crippen LogP contribution in [0.2, 0.25) is 0 Å². The maximum atomic E-state index is 12.2. The number of amidine groups is 1. The lowest BCUT2D eigenvalue weighted by Gasteiger charge is -2.12. The molecule has 0 spiro atoms. The van der Waals surface area contributed by atoms with Crippen molar-refractivity contribution in [2.45, 2.75) is 31.7 Å². The Bertz CT molecular complexity index is 581. The number of amides is 1. The SMILES string of the molecule is CN1C(=O)C(Cc2ccc(O)cc2)N=C1C(=O)CCCCN. The summed E-state index contributed by atoms with van der Waals surface area (Å²) in [5.74, 6) is 0.136. The van der Waals surface area contributed by atoms with Crippen LogP contribution < -0.4 is 5.73 Å². The lowest BCUT2D eigenvalue weighted by Crippen LogP contribution is -2.35. The van der Waals surface area contributed by atoms with Gasteiger partial charge >= 0.3 is 0 Å². The van der Waals surface area contributed by atoms with E-state index in [2.05, 4.69) is 4.99 Å². The third-order valence-corrected chi connectivity index (χ3v) is 3.68. The topological polar surface area (TPSA) is 96.0 Å². The van der Waals surface area contributed by atoms with Crippen LogP contribution in [0.5, 0.6) is 5.75 Å². The van der Waals surface area contributed by atoms with Gasteiger partial charge in [-0.3, -0.25) is 19.5 Å². The zero-order valence-corrected chi connectivity index (χ0v) is 12.7. The average molecular weight is 303 g/mol. The van der Waals surface area contributed by atoms with E-state index in [1.807, 2.05) is 0 Å². The molecule has 1 aliphatic heterocycles. The summed E-state index contributed by atoms with van der Waals surface area (Å²) in [4.78, 5) is 30.0. The van der Waals surface area contributed by atoms with E-state index in [9.17, 15) is 14.7 Å². The van der Waals surface area contributed by atoms with Gasteiger partial charge in [-0.1, -0.05) is 12.1 Å². The Morgan fingerprint density at radius 3 is 2.64 bits per heavy atom. The van der Waals surface area contributed by atoms with Crippen LogP contribution in [0.15, 0.2) is 29.3 Å². The van der Waals surface area contributed by atoms with Crippen molar-refractivity contribution in [3.63, 3.8) is 0 Å². The molecular weight excluding hydrogens is 282 g/mol. The van der Waals surface area contributed by atoms with Crippen molar-refractivity contribution in [3.8, 4) is 5.75 Å². The molecule has 0 aromatic heterocycles. The first kappa shape index (κ1) is 16.2. The molecule has 3 N–H and O–H groups in total. The van der Waals surface area contributed by atoms with Crippen molar-refractivity contribution < 1.29 is 14.7 Å². The van der Waals surface area contributed by atoms with Crippen LogP contribution >= 0.6 is 0 Å². The minimum Gasteiger partial charge on any atom is -0.508 e. The number of phenols is 1. The number of nitrogens with zero attached hydrogens (tertiary/aromatic N) is 2. The summed E-state index contributed by atoms with van der Waals surface area (Å²) in [6.07, 6.45) is 2.27. The lowest BCUT2D eigenvalue weighted by atomic mass is 10.1. The van der Waals surface area contributed by atoms with Crippen LogP contribution in [0.4, 0.5) is 0 Å². The summed E-state index contributed by atoms with van der Waals surface area (Å²) in [5, 5.41) is 9.27. The number of aliphatic imine (C=N–C) groups is 1. The number of Topliss-reactive ketones (excluding diaryl/α,β-unsaturated/α-hetero) is 1. The number of ketones is 1. The normalized spacial score (nSPS) is 17.7. The molecule has 0 radical (unpaired) electrons. The molecule has 1 heterocycles. The fourth-order valence-electron chi connectivity index (χ4n) is 2.41. The number of aromatic hydroxyl groups is 1. The zero-order chi connectivity index (χ0) is 16.1. The average Bonchev–Trinajstić information content (AvgIpc) is 2.78. The van der Waals surface area contributed by atoms with Gasteiger partial charge in [-0.05, 0) is 37.1 Å². The van der Waals surface area contributed by atoms with E-state index in [4.69, 9.17) is 5.73 Å². The number of benzene rings is 1. The quantitative estimate of drug-likeness (QED) is 0.731. The highest BCUT2D eigenvalue weighted by Gasteiger charge is 2.34. The molecule has 1 aromatic rings. The highest BCUT2D eigenvalue weighted by atomic mass is 16.3. The van der Waals surface area contributed by atoms with E-state index in [0.29, 0.717) is 25.8 Å². The Morgan fingerprint density at radius 2 is 2.00 bits per heavy atom. The van der Waals surface area contributed by atoms with Crippen LogP contribution in [-0.2, 0) is 16.0 Å². The van der Waals surface area contributed by atoms with Crippen molar-refractivity contribution in [1.29, 1.82) is 0 Å². The second kappa shape index (κ2) is 7.17. The van der Waals surface area contributed by atoms with Crippen molar-refractivity contribution >= 4 is 17.5 Å². The first-order valence-electron chi connectivity index (χ1n) is 7.39. The van der Waals surface area contributed by atoms with Gasteiger partial charge in [-0.25, -0.2) is 0 Å². The summed E-state index contributed by atoms with van der Waals surface area (Å²) >= 11 is 0. The molecule has 0 aliphatic carbocycles. The third-order valence-electron chi connectivity index (χ3n) is 3.68. The minimum absolute atomic E-state index is 0.113. The van der Waals surface area contributed by atoms with Crippen molar-refractivity contribution in [1.82, 2.24) is 4.90 Å². The van der Waals surface area contributed by atoms with Gasteiger partial charge in [-0.15, -0.1) is 0 Å². The molecule has 6 heteroatoms. The van der Waals surface area contributed by atoms with Gasteiger partial charge in [-0.2, -0.15) is 0 Å². The highest BCUT2D eigenvalue weighted by Crippen LogP contribution is 2.18. The van der Waals surface area contributed by atoms with Gasteiger partial charge in [0.25, 0.3) is 5.91 Å². The molecule has 0 fully saturated rings.